The van der Waals surface area contributed by atoms with Crippen LogP contribution in [-0.4, -0.2) is 76.6 Å². The molecular weight excluding hydrogens is 316 g/mol. The molecule has 0 aliphatic rings. The maximum absolute atomic E-state index is 5.47. The second-order valence-corrected chi connectivity index (χ2v) is 6.29. The molecule has 0 aliphatic heterocycles. The summed E-state index contributed by atoms with van der Waals surface area (Å²) in [4.78, 5) is 7.14. The smallest absolute Gasteiger partial charge is 0.191 e. The van der Waals surface area contributed by atoms with Gasteiger partial charge in [0.2, 0.25) is 0 Å². The lowest BCUT2D eigenvalue weighted by Crippen LogP contribution is -2.42. The van der Waals surface area contributed by atoms with E-state index in [9.17, 15) is 0 Å². The molecule has 0 saturated heterocycles. The predicted octanol–water partition coefficient (Wildman–Crippen LogP) is 2.50. The van der Waals surface area contributed by atoms with E-state index in [1.807, 2.05) is 0 Å². The van der Waals surface area contributed by atoms with Gasteiger partial charge in [0, 0.05) is 32.8 Å². The zero-order chi connectivity index (χ0) is 18.8. The van der Waals surface area contributed by atoms with Crippen LogP contribution in [0.5, 0.6) is 0 Å². The molecule has 0 aromatic carbocycles. The fraction of sp³-hybridized carbons (Fsp3) is 0.947. The van der Waals surface area contributed by atoms with Crippen LogP contribution in [0.1, 0.15) is 53.4 Å². The third-order valence-corrected chi connectivity index (χ3v) is 4.13. The van der Waals surface area contributed by atoms with E-state index >= 15 is 0 Å². The highest BCUT2D eigenvalue weighted by atomic mass is 16.5. The second-order valence-electron chi connectivity index (χ2n) is 6.29. The van der Waals surface area contributed by atoms with Crippen molar-refractivity contribution >= 4 is 5.96 Å². The summed E-state index contributed by atoms with van der Waals surface area (Å²) in [6.07, 6.45) is 4.45. The number of unbranched alkanes of at least 4 members (excludes halogenated alkanes) is 1. The maximum atomic E-state index is 5.47. The molecular formula is C19H42N4O2. The Morgan fingerprint density at radius 1 is 1.04 bits per heavy atom. The number of rotatable bonds is 16. The Balaban J connectivity index is 3.93. The van der Waals surface area contributed by atoms with Gasteiger partial charge in [-0.1, -0.05) is 13.8 Å². The lowest BCUT2D eigenvalue weighted by Gasteiger charge is -2.21. The first kappa shape index (κ1) is 24.1. The molecule has 1 atom stereocenters. The molecule has 0 amide bonds. The van der Waals surface area contributed by atoms with Crippen LogP contribution in [0, 0.1) is 0 Å². The molecule has 0 aromatic rings. The average Bonchev–Trinajstić information content (AvgIpc) is 2.61. The molecule has 6 heteroatoms. The number of nitrogens with zero attached hydrogens (tertiary/aromatic N) is 2. The van der Waals surface area contributed by atoms with Gasteiger partial charge in [-0.15, -0.1) is 0 Å². The third kappa shape index (κ3) is 15.1. The van der Waals surface area contributed by atoms with Gasteiger partial charge in [0.1, 0.15) is 0 Å². The van der Waals surface area contributed by atoms with Crippen molar-refractivity contribution in [3.63, 3.8) is 0 Å². The van der Waals surface area contributed by atoms with Gasteiger partial charge >= 0.3 is 0 Å². The summed E-state index contributed by atoms with van der Waals surface area (Å²) in [5.41, 5.74) is 0. The highest BCUT2D eigenvalue weighted by Gasteiger charge is 2.06. The Labute approximate surface area is 155 Å². The molecule has 0 fully saturated rings. The summed E-state index contributed by atoms with van der Waals surface area (Å²) >= 11 is 0. The Hall–Kier alpha value is -0.850. The summed E-state index contributed by atoms with van der Waals surface area (Å²) < 4.78 is 10.4. The maximum Gasteiger partial charge on any atom is 0.191 e. The van der Waals surface area contributed by atoms with Gasteiger partial charge in [-0.2, -0.15) is 0 Å². The molecule has 0 heterocycles. The Morgan fingerprint density at radius 3 is 2.44 bits per heavy atom. The van der Waals surface area contributed by atoms with Gasteiger partial charge in [0.05, 0.1) is 13.2 Å². The van der Waals surface area contributed by atoms with E-state index in [0.717, 1.165) is 58.0 Å². The van der Waals surface area contributed by atoms with Crippen LogP contribution in [0.15, 0.2) is 4.99 Å². The summed E-state index contributed by atoms with van der Waals surface area (Å²) in [5, 5.41) is 6.85. The van der Waals surface area contributed by atoms with Gasteiger partial charge in [0.15, 0.2) is 5.96 Å². The van der Waals surface area contributed by atoms with Crippen molar-refractivity contribution in [2.75, 3.05) is 59.7 Å². The number of hydrogen-bond donors (Lipinski definition) is 2. The molecule has 150 valence electrons. The lowest BCUT2D eigenvalue weighted by atomic mass is 10.2. The average molecular weight is 359 g/mol. The van der Waals surface area contributed by atoms with E-state index in [1.165, 1.54) is 13.0 Å². The number of nitrogens with one attached hydrogen (secondary N) is 2. The molecule has 0 radical (unpaired) electrons. The minimum absolute atomic E-state index is 0.436. The summed E-state index contributed by atoms with van der Waals surface area (Å²) in [6.45, 7) is 16.1. The first-order chi connectivity index (χ1) is 12.2. The van der Waals surface area contributed by atoms with Crippen LogP contribution in [0.4, 0.5) is 0 Å². The van der Waals surface area contributed by atoms with E-state index in [0.29, 0.717) is 19.3 Å². The molecule has 2 N–H and O–H groups in total. The van der Waals surface area contributed by atoms with E-state index in [2.05, 4.69) is 48.2 Å². The summed E-state index contributed by atoms with van der Waals surface area (Å²) in [7, 11) is 1.69. The van der Waals surface area contributed by atoms with Gasteiger partial charge in [-0.05, 0) is 59.2 Å². The molecule has 1 unspecified atom stereocenters. The van der Waals surface area contributed by atoms with Crippen molar-refractivity contribution in [2.24, 2.45) is 4.99 Å². The largest absolute Gasteiger partial charge is 0.382 e. The van der Waals surface area contributed by atoms with Gasteiger partial charge in [-0.3, -0.25) is 4.99 Å². The van der Waals surface area contributed by atoms with E-state index < -0.39 is 0 Å². The minimum atomic E-state index is 0.436. The summed E-state index contributed by atoms with van der Waals surface area (Å²) in [5.74, 6) is 0.929. The standard InChI is InChI=1S/C19H42N4O2/c1-6-20-19(21-13-9-10-15-25-17-16-24-5)22-18(4)12-11-14-23(7-2)8-3/h18H,6-17H2,1-5H3,(H2,20,21,22). The number of guanidine groups is 1. The summed E-state index contributed by atoms with van der Waals surface area (Å²) in [6, 6.07) is 0.436. The van der Waals surface area contributed by atoms with Crippen LogP contribution >= 0.6 is 0 Å². The minimum Gasteiger partial charge on any atom is -0.382 e. The second kappa shape index (κ2) is 18.0. The van der Waals surface area contributed by atoms with Crippen molar-refractivity contribution in [2.45, 2.75) is 59.4 Å². The van der Waals surface area contributed by atoms with Crippen molar-refractivity contribution in [1.29, 1.82) is 0 Å². The topological polar surface area (TPSA) is 58.1 Å². The SMILES string of the molecule is CCNC(=NCCCCOCCOC)NC(C)CCCN(CC)CC. The van der Waals surface area contributed by atoms with Gasteiger partial charge in [-0.25, -0.2) is 0 Å². The van der Waals surface area contributed by atoms with Crippen molar-refractivity contribution in [1.82, 2.24) is 15.5 Å². The Kier molecular flexibility index (Phi) is 17.3. The first-order valence-corrected chi connectivity index (χ1v) is 10.0. The molecule has 0 aliphatic carbocycles. The third-order valence-electron chi connectivity index (χ3n) is 4.13. The van der Waals surface area contributed by atoms with Crippen LogP contribution in [-0.2, 0) is 9.47 Å². The van der Waals surface area contributed by atoms with Crippen LogP contribution in [0.3, 0.4) is 0 Å². The van der Waals surface area contributed by atoms with E-state index in [1.54, 1.807) is 7.11 Å². The van der Waals surface area contributed by atoms with Crippen LogP contribution in [0.25, 0.3) is 0 Å². The molecule has 0 aromatic heterocycles. The molecule has 0 rings (SSSR count). The van der Waals surface area contributed by atoms with Crippen LogP contribution in [0.2, 0.25) is 0 Å². The number of aliphatic imine (C=N–C) groups is 1. The quantitative estimate of drug-likeness (QED) is 0.252. The number of ether oxygens (including phenoxy) is 2. The van der Waals surface area contributed by atoms with E-state index in [-0.39, 0.29) is 0 Å². The van der Waals surface area contributed by atoms with E-state index in [4.69, 9.17) is 9.47 Å². The first-order valence-electron chi connectivity index (χ1n) is 10.0. The molecule has 6 nitrogen and oxygen atoms in total. The lowest BCUT2D eigenvalue weighted by molar-refractivity contribution is 0.0690. The molecule has 0 saturated carbocycles. The monoisotopic (exact) mass is 358 g/mol. The van der Waals surface area contributed by atoms with Crippen LogP contribution < -0.4 is 10.6 Å². The predicted molar refractivity (Wildman–Crippen MR) is 108 cm³/mol. The fourth-order valence-corrected chi connectivity index (χ4v) is 2.54. The van der Waals surface area contributed by atoms with Gasteiger partial charge < -0.3 is 25.0 Å². The zero-order valence-electron chi connectivity index (χ0n) is 17.3. The molecule has 25 heavy (non-hydrogen) atoms. The Morgan fingerprint density at radius 2 is 1.80 bits per heavy atom. The fourth-order valence-electron chi connectivity index (χ4n) is 2.54. The van der Waals surface area contributed by atoms with Crippen molar-refractivity contribution < 1.29 is 9.47 Å². The number of hydrogen-bond acceptors (Lipinski definition) is 4. The Bertz CT molecular complexity index is 310. The van der Waals surface area contributed by atoms with Crippen molar-refractivity contribution in [3.8, 4) is 0 Å². The van der Waals surface area contributed by atoms with Crippen molar-refractivity contribution in [3.05, 3.63) is 0 Å². The highest BCUT2D eigenvalue weighted by Crippen LogP contribution is 2.00. The molecule has 0 bridgehead atoms. The van der Waals surface area contributed by atoms with Gasteiger partial charge in [0.25, 0.3) is 0 Å². The highest BCUT2D eigenvalue weighted by molar-refractivity contribution is 5.79. The molecule has 0 spiro atoms. The number of methoxy groups -OCH3 is 1. The normalized spacial score (nSPS) is 13.3. The zero-order valence-corrected chi connectivity index (χ0v) is 17.3.